The fourth-order valence-electron chi connectivity index (χ4n) is 2.13. The summed E-state index contributed by atoms with van der Waals surface area (Å²) in [6.07, 6.45) is 2.21. The maximum absolute atomic E-state index is 8.65. The molecule has 3 N–H and O–H groups in total. The maximum Gasteiger partial charge on any atom is 0.170 e. The van der Waals surface area contributed by atoms with E-state index in [9.17, 15) is 0 Å². The summed E-state index contributed by atoms with van der Waals surface area (Å²) in [7, 11) is 0. The lowest BCUT2D eigenvalue weighted by atomic mass is 10.0. The second kappa shape index (κ2) is 6.54. The second-order valence-electron chi connectivity index (χ2n) is 4.75. The molecule has 0 spiro atoms. The Morgan fingerprint density at radius 3 is 2.84 bits per heavy atom. The topological polar surface area (TPSA) is 77.1 Å². The van der Waals surface area contributed by atoms with Crippen molar-refractivity contribution in [1.29, 1.82) is 0 Å². The number of hydrogen-bond donors (Lipinski definition) is 2. The summed E-state index contributed by atoms with van der Waals surface area (Å²) in [6.45, 7) is 4.15. The molecule has 5 nitrogen and oxygen atoms in total. The number of nitrogens with zero attached hydrogens (tertiary/aromatic N) is 1. The highest BCUT2D eigenvalue weighted by atomic mass is 16.5. The number of oxime groups is 1. The Hall–Kier alpha value is -1.59. The van der Waals surface area contributed by atoms with Crippen molar-refractivity contribution in [2.45, 2.75) is 32.5 Å². The summed E-state index contributed by atoms with van der Waals surface area (Å²) in [6, 6.07) is 5.70. The molecule has 1 heterocycles. The van der Waals surface area contributed by atoms with Crippen molar-refractivity contribution in [1.82, 2.24) is 0 Å². The molecule has 1 aromatic rings. The van der Waals surface area contributed by atoms with Crippen LogP contribution in [0.25, 0.3) is 0 Å². The Kier molecular flexibility index (Phi) is 4.76. The van der Waals surface area contributed by atoms with Gasteiger partial charge in [-0.3, -0.25) is 0 Å². The van der Waals surface area contributed by atoms with Crippen LogP contribution in [0.3, 0.4) is 0 Å². The van der Waals surface area contributed by atoms with Crippen LogP contribution in [0.4, 0.5) is 0 Å². The van der Waals surface area contributed by atoms with E-state index in [1.807, 2.05) is 25.1 Å². The van der Waals surface area contributed by atoms with Crippen molar-refractivity contribution in [3.8, 4) is 0 Å². The van der Waals surface area contributed by atoms with Crippen LogP contribution in [0.15, 0.2) is 23.4 Å². The van der Waals surface area contributed by atoms with E-state index in [4.69, 9.17) is 20.4 Å². The minimum atomic E-state index is 0.125. The Bertz CT molecular complexity index is 454. The minimum Gasteiger partial charge on any atom is -0.409 e. The van der Waals surface area contributed by atoms with Crippen LogP contribution in [0, 0.1) is 6.92 Å². The van der Waals surface area contributed by atoms with E-state index in [0.717, 1.165) is 42.7 Å². The summed E-state index contributed by atoms with van der Waals surface area (Å²) >= 11 is 0. The van der Waals surface area contributed by atoms with Gasteiger partial charge in [-0.15, -0.1) is 0 Å². The van der Waals surface area contributed by atoms with Gasteiger partial charge < -0.3 is 20.4 Å². The molecule has 1 aliphatic rings. The fourth-order valence-corrected chi connectivity index (χ4v) is 2.13. The van der Waals surface area contributed by atoms with Crippen molar-refractivity contribution < 1.29 is 14.7 Å². The van der Waals surface area contributed by atoms with Gasteiger partial charge in [0.05, 0.1) is 12.7 Å². The molecule has 104 valence electrons. The van der Waals surface area contributed by atoms with E-state index in [0.29, 0.717) is 6.61 Å². The average molecular weight is 264 g/mol. The largest absolute Gasteiger partial charge is 0.409 e. The maximum atomic E-state index is 8.65. The quantitative estimate of drug-likeness (QED) is 0.376. The lowest BCUT2D eigenvalue weighted by molar-refractivity contribution is -0.0391. The van der Waals surface area contributed by atoms with E-state index < -0.39 is 0 Å². The first kappa shape index (κ1) is 13.8. The standard InChI is InChI=1S/C14H20N2O3/c1-10-8-11(14(15)16-17)2-3-12(10)9-19-13-4-6-18-7-5-13/h2-3,8,13,17H,4-7,9H2,1H3,(H2,15,16). The van der Waals surface area contributed by atoms with Crippen LogP contribution < -0.4 is 5.73 Å². The molecular weight excluding hydrogens is 244 g/mol. The summed E-state index contributed by atoms with van der Waals surface area (Å²) in [4.78, 5) is 0. The molecule has 5 heteroatoms. The third-order valence-corrected chi connectivity index (χ3v) is 3.39. The van der Waals surface area contributed by atoms with Gasteiger partial charge in [0.1, 0.15) is 0 Å². The molecule has 1 aromatic carbocycles. The number of nitrogens with two attached hydrogens (primary N) is 1. The molecule has 1 fully saturated rings. The SMILES string of the molecule is Cc1cc(/C(N)=N/O)ccc1COC1CCOCC1. The van der Waals surface area contributed by atoms with Gasteiger partial charge in [0.25, 0.3) is 0 Å². The highest BCUT2D eigenvalue weighted by Gasteiger charge is 2.14. The van der Waals surface area contributed by atoms with Crippen molar-refractivity contribution >= 4 is 5.84 Å². The summed E-state index contributed by atoms with van der Waals surface area (Å²) in [5.74, 6) is 0.125. The number of rotatable bonds is 4. The number of hydrogen-bond acceptors (Lipinski definition) is 4. The van der Waals surface area contributed by atoms with Gasteiger partial charge in [-0.25, -0.2) is 0 Å². The normalized spacial score (nSPS) is 17.6. The van der Waals surface area contributed by atoms with Crippen molar-refractivity contribution in [3.63, 3.8) is 0 Å². The van der Waals surface area contributed by atoms with Crippen LogP contribution in [0.2, 0.25) is 0 Å². The molecule has 0 radical (unpaired) electrons. The van der Waals surface area contributed by atoms with Gasteiger partial charge in [-0.1, -0.05) is 17.3 Å². The first-order valence-corrected chi connectivity index (χ1v) is 6.47. The van der Waals surface area contributed by atoms with Gasteiger partial charge in [0.15, 0.2) is 5.84 Å². The fraction of sp³-hybridized carbons (Fsp3) is 0.500. The molecule has 2 rings (SSSR count). The van der Waals surface area contributed by atoms with Crippen LogP contribution >= 0.6 is 0 Å². The number of amidine groups is 1. The molecule has 19 heavy (non-hydrogen) atoms. The molecular formula is C14H20N2O3. The van der Waals surface area contributed by atoms with Crippen LogP contribution in [0.5, 0.6) is 0 Å². The van der Waals surface area contributed by atoms with Crippen molar-refractivity contribution in [2.24, 2.45) is 10.9 Å². The Morgan fingerprint density at radius 2 is 2.21 bits per heavy atom. The zero-order chi connectivity index (χ0) is 13.7. The molecule has 0 aliphatic carbocycles. The molecule has 0 aromatic heterocycles. The summed E-state index contributed by atoms with van der Waals surface area (Å²) in [5, 5.41) is 11.6. The number of aryl methyl sites for hydroxylation is 1. The molecule has 0 bridgehead atoms. The lowest BCUT2D eigenvalue weighted by Gasteiger charge is -2.22. The van der Waals surface area contributed by atoms with Crippen LogP contribution in [0.1, 0.15) is 29.5 Å². The molecule has 0 amide bonds. The van der Waals surface area contributed by atoms with E-state index in [2.05, 4.69) is 5.16 Å². The van der Waals surface area contributed by atoms with Gasteiger partial charge in [-0.2, -0.15) is 0 Å². The Labute approximate surface area is 113 Å². The third-order valence-electron chi connectivity index (χ3n) is 3.39. The minimum absolute atomic E-state index is 0.125. The molecule has 0 atom stereocenters. The zero-order valence-electron chi connectivity index (χ0n) is 11.1. The second-order valence-corrected chi connectivity index (χ2v) is 4.75. The first-order valence-electron chi connectivity index (χ1n) is 6.47. The van der Waals surface area contributed by atoms with Gasteiger partial charge in [0.2, 0.25) is 0 Å². The van der Waals surface area contributed by atoms with Gasteiger partial charge in [0, 0.05) is 18.8 Å². The van der Waals surface area contributed by atoms with Gasteiger partial charge in [-0.05, 0) is 37.0 Å². The zero-order valence-corrected chi connectivity index (χ0v) is 11.1. The lowest BCUT2D eigenvalue weighted by Crippen LogP contribution is -2.23. The smallest absolute Gasteiger partial charge is 0.170 e. The summed E-state index contributed by atoms with van der Waals surface area (Å²) in [5.41, 5.74) is 8.48. The molecule has 1 saturated heterocycles. The summed E-state index contributed by atoms with van der Waals surface area (Å²) < 4.78 is 11.2. The third kappa shape index (κ3) is 3.68. The molecule has 1 aliphatic heterocycles. The van der Waals surface area contributed by atoms with Crippen molar-refractivity contribution in [3.05, 3.63) is 34.9 Å². The highest BCUT2D eigenvalue weighted by Crippen LogP contribution is 2.16. The van der Waals surface area contributed by atoms with Crippen LogP contribution in [-0.2, 0) is 16.1 Å². The predicted octanol–water partition coefficient (Wildman–Crippen LogP) is 1.79. The van der Waals surface area contributed by atoms with E-state index in [1.165, 1.54) is 0 Å². The predicted molar refractivity (Wildman–Crippen MR) is 72.3 cm³/mol. The first-order chi connectivity index (χ1) is 9.20. The van der Waals surface area contributed by atoms with Crippen LogP contribution in [-0.4, -0.2) is 30.4 Å². The monoisotopic (exact) mass is 264 g/mol. The van der Waals surface area contributed by atoms with Gasteiger partial charge >= 0.3 is 0 Å². The van der Waals surface area contributed by atoms with E-state index in [1.54, 1.807) is 0 Å². The van der Waals surface area contributed by atoms with E-state index >= 15 is 0 Å². The number of benzene rings is 1. The van der Waals surface area contributed by atoms with Crippen molar-refractivity contribution in [2.75, 3.05) is 13.2 Å². The molecule has 0 unspecified atom stereocenters. The highest BCUT2D eigenvalue weighted by molar-refractivity contribution is 5.97. The number of ether oxygens (including phenoxy) is 2. The molecule has 0 saturated carbocycles. The Balaban J connectivity index is 1.97. The van der Waals surface area contributed by atoms with E-state index in [-0.39, 0.29) is 11.9 Å². The Morgan fingerprint density at radius 1 is 1.47 bits per heavy atom. The average Bonchev–Trinajstić information content (AvgIpc) is 2.46.